The molecule has 0 aromatic heterocycles. The summed E-state index contributed by atoms with van der Waals surface area (Å²) < 4.78 is 5.19. The van der Waals surface area contributed by atoms with Crippen LogP contribution in [0.2, 0.25) is 0 Å². The summed E-state index contributed by atoms with van der Waals surface area (Å²) in [5.74, 6) is -0.0691. The molecule has 0 aromatic rings. The van der Waals surface area contributed by atoms with Gasteiger partial charge in [0, 0.05) is 11.3 Å². The van der Waals surface area contributed by atoms with E-state index in [2.05, 4.69) is 0 Å². The molecule has 0 bridgehead atoms. The fraction of sp³-hybridized carbons (Fsp3) is 0.833. The maximum absolute atomic E-state index is 12.0. The summed E-state index contributed by atoms with van der Waals surface area (Å²) in [4.78, 5) is 23.1. The Bertz CT molecular complexity index is 275. The summed E-state index contributed by atoms with van der Waals surface area (Å²) in [6.07, 6.45) is 0.205. The molecule has 3 atom stereocenters. The smallest absolute Gasteiger partial charge is 0.306 e. The van der Waals surface area contributed by atoms with Crippen LogP contribution in [-0.2, 0) is 14.3 Å². The maximum atomic E-state index is 12.0. The topological polar surface area (TPSA) is 43.4 Å². The van der Waals surface area contributed by atoms with Gasteiger partial charge in [0.05, 0.1) is 12.3 Å². The van der Waals surface area contributed by atoms with Crippen molar-refractivity contribution in [3.63, 3.8) is 0 Å². The van der Waals surface area contributed by atoms with Crippen molar-refractivity contribution in [3.05, 3.63) is 0 Å². The molecule has 0 unspecified atom stereocenters. The first-order chi connectivity index (χ1) is 6.73. The highest BCUT2D eigenvalue weighted by atomic mass is 16.6. The number of carbonyl (C=O) groups is 2. The Kier molecular flexibility index (Phi) is 3.22. The van der Waals surface area contributed by atoms with Gasteiger partial charge in [-0.2, -0.15) is 0 Å². The van der Waals surface area contributed by atoms with Gasteiger partial charge in [0.2, 0.25) is 0 Å². The molecule has 1 heterocycles. The van der Waals surface area contributed by atoms with Crippen LogP contribution in [0.5, 0.6) is 0 Å². The molecule has 1 aliphatic heterocycles. The van der Waals surface area contributed by atoms with Crippen LogP contribution in [0, 0.1) is 17.3 Å². The van der Waals surface area contributed by atoms with Crippen molar-refractivity contribution >= 4 is 11.8 Å². The van der Waals surface area contributed by atoms with Gasteiger partial charge < -0.3 is 4.74 Å². The molecule has 15 heavy (non-hydrogen) atoms. The molecule has 0 spiro atoms. The molecule has 1 aliphatic rings. The van der Waals surface area contributed by atoms with Gasteiger partial charge in [-0.3, -0.25) is 9.59 Å². The standard InChI is InChI=1S/C12H20O3/c1-7-6-9(13)15-10(7)8(2)11(14)12(3,4)5/h7-8,10H,6H2,1-5H3/t7-,8-,10-/m0/s1. The number of carbonyl (C=O) groups excluding carboxylic acids is 2. The third-order valence-electron chi connectivity index (χ3n) is 2.96. The van der Waals surface area contributed by atoms with E-state index in [0.717, 1.165) is 0 Å². The molecule has 0 aromatic carbocycles. The van der Waals surface area contributed by atoms with E-state index in [-0.39, 0.29) is 35.1 Å². The normalized spacial score (nSPS) is 28.7. The average Bonchev–Trinajstić information content (AvgIpc) is 2.41. The second kappa shape index (κ2) is 3.95. The van der Waals surface area contributed by atoms with Gasteiger partial charge in [0.1, 0.15) is 11.9 Å². The van der Waals surface area contributed by atoms with Gasteiger partial charge in [-0.05, 0) is 0 Å². The molecular weight excluding hydrogens is 192 g/mol. The molecule has 0 N–H and O–H groups in total. The molecule has 0 amide bonds. The predicted octanol–water partition coefficient (Wildman–Crippen LogP) is 2.19. The number of Topliss-reactive ketones (excluding diaryl/α,β-unsaturated/α-hetero) is 1. The molecule has 1 rings (SSSR count). The maximum Gasteiger partial charge on any atom is 0.306 e. The minimum absolute atomic E-state index is 0.152. The van der Waals surface area contributed by atoms with E-state index in [1.165, 1.54) is 0 Å². The first kappa shape index (κ1) is 12.2. The van der Waals surface area contributed by atoms with Crippen LogP contribution in [0.3, 0.4) is 0 Å². The lowest BCUT2D eigenvalue weighted by Crippen LogP contribution is -2.36. The zero-order chi connectivity index (χ0) is 11.8. The first-order valence-corrected chi connectivity index (χ1v) is 5.47. The third kappa shape index (κ3) is 2.58. The Hall–Kier alpha value is -0.860. The Balaban J connectivity index is 2.73. The number of hydrogen-bond acceptors (Lipinski definition) is 3. The number of esters is 1. The molecule has 3 nitrogen and oxygen atoms in total. The average molecular weight is 212 g/mol. The summed E-state index contributed by atoms with van der Waals surface area (Å²) in [5, 5.41) is 0. The van der Waals surface area contributed by atoms with Crippen molar-refractivity contribution in [3.8, 4) is 0 Å². The molecule has 0 saturated carbocycles. The molecular formula is C12H20O3. The lowest BCUT2D eigenvalue weighted by Gasteiger charge is -2.27. The summed E-state index contributed by atoms with van der Waals surface area (Å²) >= 11 is 0. The van der Waals surface area contributed by atoms with E-state index in [1.54, 1.807) is 0 Å². The van der Waals surface area contributed by atoms with E-state index in [4.69, 9.17) is 4.74 Å². The lowest BCUT2D eigenvalue weighted by atomic mass is 9.79. The lowest BCUT2D eigenvalue weighted by molar-refractivity contribution is -0.146. The largest absolute Gasteiger partial charge is 0.461 e. The van der Waals surface area contributed by atoms with Crippen LogP contribution in [-0.4, -0.2) is 17.9 Å². The van der Waals surface area contributed by atoms with Gasteiger partial charge in [-0.1, -0.05) is 34.6 Å². The fourth-order valence-electron chi connectivity index (χ4n) is 2.12. The molecule has 0 aliphatic carbocycles. The van der Waals surface area contributed by atoms with E-state index in [9.17, 15) is 9.59 Å². The van der Waals surface area contributed by atoms with Gasteiger partial charge in [0.15, 0.2) is 0 Å². The van der Waals surface area contributed by atoms with E-state index >= 15 is 0 Å². The van der Waals surface area contributed by atoms with Gasteiger partial charge in [-0.15, -0.1) is 0 Å². The zero-order valence-corrected chi connectivity index (χ0v) is 10.2. The van der Waals surface area contributed by atoms with Gasteiger partial charge >= 0.3 is 5.97 Å². The van der Waals surface area contributed by atoms with Crippen molar-refractivity contribution in [1.29, 1.82) is 0 Å². The Labute approximate surface area is 91.2 Å². The highest BCUT2D eigenvalue weighted by Crippen LogP contribution is 2.31. The van der Waals surface area contributed by atoms with Crippen LogP contribution >= 0.6 is 0 Å². The van der Waals surface area contributed by atoms with Gasteiger partial charge in [-0.25, -0.2) is 0 Å². The van der Waals surface area contributed by atoms with Crippen LogP contribution < -0.4 is 0 Å². The number of cyclic esters (lactones) is 1. The van der Waals surface area contributed by atoms with Crippen LogP contribution in [0.25, 0.3) is 0 Å². The van der Waals surface area contributed by atoms with E-state index in [1.807, 2.05) is 34.6 Å². The first-order valence-electron chi connectivity index (χ1n) is 5.47. The second-order valence-electron chi connectivity index (χ2n) is 5.54. The SMILES string of the molecule is C[C@H](C(=O)C(C)(C)C)[C@H]1OC(=O)C[C@@H]1C. The van der Waals surface area contributed by atoms with Crippen LogP contribution in [0.4, 0.5) is 0 Å². The Morgan fingerprint density at radius 2 is 2.00 bits per heavy atom. The van der Waals surface area contributed by atoms with Crippen molar-refractivity contribution in [2.45, 2.75) is 47.1 Å². The number of hydrogen-bond donors (Lipinski definition) is 0. The molecule has 1 fully saturated rings. The fourth-order valence-corrected chi connectivity index (χ4v) is 2.12. The third-order valence-corrected chi connectivity index (χ3v) is 2.96. The second-order valence-corrected chi connectivity index (χ2v) is 5.54. The summed E-state index contributed by atoms with van der Waals surface area (Å²) in [6.45, 7) is 9.50. The molecule has 0 radical (unpaired) electrons. The van der Waals surface area contributed by atoms with Crippen molar-refractivity contribution < 1.29 is 14.3 Å². The highest BCUT2D eigenvalue weighted by Gasteiger charge is 2.41. The summed E-state index contributed by atoms with van der Waals surface area (Å²) in [5.41, 5.74) is -0.367. The molecule has 3 heteroatoms. The minimum atomic E-state index is -0.367. The number of ketones is 1. The Morgan fingerprint density at radius 1 is 1.47 bits per heavy atom. The molecule has 86 valence electrons. The highest BCUT2D eigenvalue weighted by molar-refractivity contribution is 5.87. The Morgan fingerprint density at radius 3 is 2.33 bits per heavy atom. The van der Waals surface area contributed by atoms with E-state index < -0.39 is 0 Å². The summed E-state index contributed by atoms with van der Waals surface area (Å²) in [6, 6.07) is 0. The van der Waals surface area contributed by atoms with Crippen molar-refractivity contribution in [2.24, 2.45) is 17.3 Å². The van der Waals surface area contributed by atoms with E-state index in [0.29, 0.717) is 6.42 Å². The molecule has 1 saturated heterocycles. The minimum Gasteiger partial charge on any atom is -0.461 e. The quantitative estimate of drug-likeness (QED) is 0.659. The monoisotopic (exact) mass is 212 g/mol. The predicted molar refractivity (Wildman–Crippen MR) is 57.3 cm³/mol. The van der Waals surface area contributed by atoms with Crippen LogP contribution in [0.15, 0.2) is 0 Å². The number of rotatable bonds is 2. The zero-order valence-electron chi connectivity index (χ0n) is 10.2. The van der Waals surface area contributed by atoms with Crippen LogP contribution in [0.1, 0.15) is 41.0 Å². The van der Waals surface area contributed by atoms with Crippen molar-refractivity contribution in [1.82, 2.24) is 0 Å². The van der Waals surface area contributed by atoms with Crippen molar-refractivity contribution in [2.75, 3.05) is 0 Å². The number of ether oxygens (including phenoxy) is 1. The van der Waals surface area contributed by atoms with Gasteiger partial charge in [0.25, 0.3) is 0 Å². The summed E-state index contributed by atoms with van der Waals surface area (Å²) in [7, 11) is 0.